The van der Waals surface area contributed by atoms with Gasteiger partial charge in [0.05, 0.1) is 5.71 Å². The number of aliphatic carboxylic acids is 1. The van der Waals surface area contributed by atoms with Gasteiger partial charge in [-0.25, -0.2) is 4.79 Å². The summed E-state index contributed by atoms with van der Waals surface area (Å²) in [6.45, 7) is 3.87. The number of nitrogens with two attached hydrogens (primary N) is 1. The van der Waals surface area contributed by atoms with E-state index in [0.29, 0.717) is 5.71 Å². The molecule has 2 rings (SSSR count). The average molecular weight is 248 g/mol. The van der Waals surface area contributed by atoms with E-state index in [1.807, 2.05) is 32.0 Å². The highest BCUT2D eigenvalue weighted by Gasteiger charge is 2.46. The van der Waals surface area contributed by atoms with Gasteiger partial charge in [-0.05, 0) is 19.4 Å². The summed E-state index contributed by atoms with van der Waals surface area (Å²) < 4.78 is 0. The molecule has 96 valence electrons. The first-order chi connectivity index (χ1) is 8.48. The number of hydrogen-bond donors (Lipinski definition) is 2. The summed E-state index contributed by atoms with van der Waals surface area (Å²) >= 11 is 0. The predicted octanol–water partition coefficient (Wildman–Crippen LogP) is 1.21. The number of benzene rings is 1. The normalized spacial score (nSPS) is 22.5. The first-order valence-corrected chi connectivity index (χ1v) is 5.74. The van der Waals surface area contributed by atoms with Crippen LogP contribution in [0.3, 0.4) is 0 Å². The number of nitrogens with zero attached hydrogens (tertiary/aromatic N) is 1. The molecule has 5 nitrogen and oxygen atoms in total. The van der Waals surface area contributed by atoms with Gasteiger partial charge in [0, 0.05) is 18.5 Å². The second kappa shape index (κ2) is 4.42. The van der Waals surface area contributed by atoms with Gasteiger partial charge in [0.2, 0.25) is 0 Å². The molecular formula is C13H16N2O3. The minimum atomic E-state index is -1.41. The largest absolute Gasteiger partial charge is 0.478 e. The molecule has 1 aliphatic heterocycles. The minimum Gasteiger partial charge on any atom is -0.478 e. The van der Waals surface area contributed by atoms with Gasteiger partial charge in [-0.1, -0.05) is 28.9 Å². The van der Waals surface area contributed by atoms with Crippen LogP contribution in [0.5, 0.6) is 0 Å². The van der Waals surface area contributed by atoms with E-state index in [2.05, 4.69) is 5.16 Å². The monoisotopic (exact) mass is 248 g/mol. The highest BCUT2D eigenvalue weighted by molar-refractivity contribution is 6.05. The zero-order valence-electron chi connectivity index (χ0n) is 10.4. The summed E-state index contributed by atoms with van der Waals surface area (Å²) in [4.78, 5) is 16.3. The molecule has 5 heteroatoms. The van der Waals surface area contributed by atoms with Crippen molar-refractivity contribution >= 4 is 11.7 Å². The third kappa shape index (κ3) is 1.97. The molecule has 0 radical (unpaired) electrons. The first kappa shape index (κ1) is 12.6. The second-order valence-electron chi connectivity index (χ2n) is 4.63. The highest BCUT2D eigenvalue weighted by Crippen LogP contribution is 2.27. The third-order valence-corrected chi connectivity index (χ3v) is 3.20. The fraction of sp³-hybridized carbons (Fsp3) is 0.385. The van der Waals surface area contributed by atoms with E-state index < -0.39 is 11.6 Å². The fourth-order valence-electron chi connectivity index (χ4n) is 2.07. The molecule has 0 spiro atoms. The van der Waals surface area contributed by atoms with Gasteiger partial charge in [-0.3, -0.25) is 0 Å². The lowest BCUT2D eigenvalue weighted by Gasteiger charge is -2.18. The molecule has 0 aromatic heterocycles. The Kier molecular flexibility index (Phi) is 3.09. The Morgan fingerprint density at radius 3 is 2.78 bits per heavy atom. The van der Waals surface area contributed by atoms with Crippen LogP contribution in [0.2, 0.25) is 0 Å². The number of oxime groups is 1. The number of carboxylic acid groups (broad SMARTS) is 1. The van der Waals surface area contributed by atoms with Crippen LogP contribution in [0.4, 0.5) is 0 Å². The number of carbonyl (C=O) groups is 1. The smallest absolute Gasteiger partial charge is 0.352 e. The summed E-state index contributed by atoms with van der Waals surface area (Å²) in [7, 11) is 0. The number of hydrogen-bond acceptors (Lipinski definition) is 4. The van der Waals surface area contributed by atoms with Crippen LogP contribution in [-0.2, 0) is 9.63 Å². The van der Waals surface area contributed by atoms with E-state index >= 15 is 0 Å². The van der Waals surface area contributed by atoms with Gasteiger partial charge in [-0.2, -0.15) is 0 Å². The van der Waals surface area contributed by atoms with Gasteiger partial charge in [0.15, 0.2) is 0 Å². The van der Waals surface area contributed by atoms with E-state index in [-0.39, 0.29) is 13.0 Å². The molecule has 1 unspecified atom stereocenters. The predicted molar refractivity (Wildman–Crippen MR) is 67.6 cm³/mol. The van der Waals surface area contributed by atoms with Crippen LogP contribution < -0.4 is 5.73 Å². The van der Waals surface area contributed by atoms with Gasteiger partial charge >= 0.3 is 5.97 Å². The lowest BCUT2D eigenvalue weighted by atomic mass is 9.92. The lowest BCUT2D eigenvalue weighted by Crippen LogP contribution is -2.46. The van der Waals surface area contributed by atoms with Crippen molar-refractivity contribution in [1.29, 1.82) is 0 Å². The third-order valence-electron chi connectivity index (χ3n) is 3.20. The maximum atomic E-state index is 11.2. The lowest BCUT2D eigenvalue weighted by molar-refractivity contribution is -0.161. The van der Waals surface area contributed by atoms with Crippen molar-refractivity contribution in [3.05, 3.63) is 34.9 Å². The molecule has 1 heterocycles. The van der Waals surface area contributed by atoms with Crippen molar-refractivity contribution in [2.24, 2.45) is 10.9 Å². The van der Waals surface area contributed by atoms with Crippen molar-refractivity contribution in [3.63, 3.8) is 0 Å². The first-order valence-electron chi connectivity index (χ1n) is 5.74. The van der Waals surface area contributed by atoms with Gasteiger partial charge in [0.25, 0.3) is 5.60 Å². The van der Waals surface area contributed by atoms with Crippen molar-refractivity contribution in [2.45, 2.75) is 25.9 Å². The molecule has 0 fully saturated rings. The molecule has 0 amide bonds. The molecule has 18 heavy (non-hydrogen) atoms. The molecule has 1 aliphatic rings. The minimum absolute atomic E-state index is 0.0970. The Morgan fingerprint density at radius 1 is 1.56 bits per heavy atom. The molecule has 0 saturated carbocycles. The van der Waals surface area contributed by atoms with E-state index in [0.717, 1.165) is 16.7 Å². The van der Waals surface area contributed by atoms with Crippen LogP contribution in [0, 0.1) is 13.8 Å². The van der Waals surface area contributed by atoms with Crippen molar-refractivity contribution in [2.75, 3.05) is 6.54 Å². The molecule has 1 aromatic rings. The standard InChI is InChI=1S/C13H16N2O3/c1-8-3-4-10(9(2)5-8)11-6-13(7-14,12(16)17)18-15-11/h3-5H,6-7,14H2,1-2H3,(H,16,17). The number of rotatable bonds is 3. The average Bonchev–Trinajstić information content (AvgIpc) is 2.74. The van der Waals surface area contributed by atoms with Crippen molar-refractivity contribution in [3.8, 4) is 0 Å². The SMILES string of the molecule is Cc1ccc(C2=NOC(CN)(C(=O)O)C2)c(C)c1. The van der Waals surface area contributed by atoms with Crippen LogP contribution in [0.15, 0.2) is 23.4 Å². The molecule has 0 bridgehead atoms. The van der Waals surface area contributed by atoms with Crippen LogP contribution in [-0.4, -0.2) is 28.9 Å². The molecule has 3 N–H and O–H groups in total. The number of carboxylic acids is 1. The Hall–Kier alpha value is -1.88. The number of aryl methyl sites for hydroxylation is 2. The quantitative estimate of drug-likeness (QED) is 0.842. The zero-order chi connectivity index (χ0) is 13.3. The summed E-state index contributed by atoms with van der Waals surface area (Å²) in [6, 6.07) is 5.93. The highest BCUT2D eigenvalue weighted by atomic mass is 16.7. The zero-order valence-corrected chi connectivity index (χ0v) is 10.4. The Balaban J connectivity index is 2.30. The van der Waals surface area contributed by atoms with Gasteiger partial charge in [0.1, 0.15) is 0 Å². The van der Waals surface area contributed by atoms with Crippen LogP contribution in [0.25, 0.3) is 0 Å². The van der Waals surface area contributed by atoms with E-state index in [4.69, 9.17) is 15.7 Å². The topological polar surface area (TPSA) is 84.9 Å². The summed E-state index contributed by atoms with van der Waals surface area (Å²) in [5.41, 5.74) is 7.84. The molecule has 0 aliphatic carbocycles. The summed E-state index contributed by atoms with van der Waals surface area (Å²) in [5, 5.41) is 13.1. The Bertz CT molecular complexity index is 525. The molecule has 1 aromatic carbocycles. The summed E-state index contributed by atoms with van der Waals surface area (Å²) in [5.74, 6) is -1.08. The van der Waals surface area contributed by atoms with E-state index in [1.54, 1.807) is 0 Å². The Morgan fingerprint density at radius 2 is 2.28 bits per heavy atom. The van der Waals surface area contributed by atoms with Crippen LogP contribution in [0.1, 0.15) is 23.1 Å². The van der Waals surface area contributed by atoms with Crippen LogP contribution >= 0.6 is 0 Å². The maximum Gasteiger partial charge on any atom is 0.352 e. The van der Waals surface area contributed by atoms with E-state index in [1.165, 1.54) is 0 Å². The van der Waals surface area contributed by atoms with E-state index in [9.17, 15) is 4.79 Å². The van der Waals surface area contributed by atoms with Gasteiger partial charge in [-0.15, -0.1) is 0 Å². The molecule has 0 saturated heterocycles. The molecule has 1 atom stereocenters. The second-order valence-corrected chi connectivity index (χ2v) is 4.63. The fourth-order valence-corrected chi connectivity index (χ4v) is 2.07. The Labute approximate surface area is 105 Å². The van der Waals surface area contributed by atoms with Crippen molar-refractivity contribution in [1.82, 2.24) is 0 Å². The van der Waals surface area contributed by atoms with Gasteiger partial charge < -0.3 is 15.7 Å². The summed E-state index contributed by atoms with van der Waals surface area (Å²) in [6.07, 6.45) is 0.197. The molecular weight excluding hydrogens is 232 g/mol. The van der Waals surface area contributed by atoms with Crippen molar-refractivity contribution < 1.29 is 14.7 Å². The maximum absolute atomic E-state index is 11.2.